The van der Waals surface area contributed by atoms with Crippen LogP contribution in [0.5, 0.6) is 0 Å². The lowest BCUT2D eigenvalue weighted by Crippen LogP contribution is -1.83. The second-order valence-electron chi connectivity index (χ2n) is 3.52. The third kappa shape index (κ3) is 1.40. The summed E-state index contributed by atoms with van der Waals surface area (Å²) >= 11 is 3.42. The van der Waals surface area contributed by atoms with Gasteiger partial charge >= 0.3 is 0 Å². The Labute approximate surface area is 99.6 Å². The predicted octanol–water partition coefficient (Wildman–Crippen LogP) is 3.17. The molecule has 3 rings (SSSR count). The van der Waals surface area contributed by atoms with E-state index < -0.39 is 0 Å². The Morgan fingerprint density at radius 2 is 2.19 bits per heavy atom. The molecule has 0 aliphatic carbocycles. The van der Waals surface area contributed by atoms with Crippen molar-refractivity contribution in [2.75, 3.05) is 5.73 Å². The van der Waals surface area contributed by atoms with E-state index in [2.05, 4.69) is 26.1 Å². The summed E-state index contributed by atoms with van der Waals surface area (Å²) in [5.74, 6) is 0.576. The predicted molar refractivity (Wildman–Crippen MR) is 65.9 cm³/mol. The van der Waals surface area contributed by atoms with Crippen LogP contribution in [0.4, 0.5) is 5.69 Å². The number of anilines is 1. The number of aromatic amines is 1. The SMILES string of the molecule is Nc1cnoc1-c1cc2ccc(Br)cc2[nH]1. The van der Waals surface area contributed by atoms with Crippen molar-refractivity contribution in [1.29, 1.82) is 0 Å². The molecular weight excluding hydrogens is 270 g/mol. The van der Waals surface area contributed by atoms with Crippen LogP contribution in [0, 0.1) is 0 Å². The summed E-state index contributed by atoms with van der Waals surface area (Å²) in [6.07, 6.45) is 1.50. The molecule has 0 amide bonds. The molecule has 0 aliphatic heterocycles. The minimum Gasteiger partial charge on any atom is -0.394 e. The maximum atomic E-state index is 5.74. The molecule has 80 valence electrons. The Morgan fingerprint density at radius 1 is 1.31 bits per heavy atom. The molecule has 0 atom stereocenters. The molecule has 0 bridgehead atoms. The van der Waals surface area contributed by atoms with Crippen molar-refractivity contribution in [3.63, 3.8) is 0 Å². The van der Waals surface area contributed by atoms with Gasteiger partial charge in [-0.1, -0.05) is 27.2 Å². The number of hydrogen-bond donors (Lipinski definition) is 2. The molecule has 16 heavy (non-hydrogen) atoms. The first-order valence-corrected chi connectivity index (χ1v) is 5.52. The second-order valence-corrected chi connectivity index (χ2v) is 4.44. The molecule has 1 aromatic carbocycles. The van der Waals surface area contributed by atoms with Gasteiger partial charge in [0.15, 0.2) is 0 Å². The first-order valence-electron chi connectivity index (χ1n) is 4.73. The van der Waals surface area contributed by atoms with Crippen molar-refractivity contribution in [2.45, 2.75) is 0 Å². The van der Waals surface area contributed by atoms with Crippen molar-refractivity contribution >= 4 is 32.5 Å². The van der Waals surface area contributed by atoms with Crippen molar-refractivity contribution in [1.82, 2.24) is 10.1 Å². The van der Waals surface area contributed by atoms with Crippen LogP contribution >= 0.6 is 15.9 Å². The standard InChI is InChI=1S/C11H8BrN3O/c12-7-2-1-6-3-10(15-9(6)4-7)11-8(13)5-14-16-11/h1-5,15H,13H2. The lowest BCUT2D eigenvalue weighted by Gasteiger charge is -1.91. The average molecular weight is 278 g/mol. The van der Waals surface area contributed by atoms with Gasteiger partial charge in [0, 0.05) is 15.4 Å². The van der Waals surface area contributed by atoms with Crippen molar-refractivity contribution in [3.05, 3.63) is 34.9 Å². The van der Waals surface area contributed by atoms with E-state index >= 15 is 0 Å². The van der Waals surface area contributed by atoms with Gasteiger partial charge in [-0.15, -0.1) is 0 Å². The summed E-state index contributed by atoms with van der Waals surface area (Å²) in [7, 11) is 0. The minimum absolute atomic E-state index is 0.533. The van der Waals surface area contributed by atoms with Gasteiger partial charge in [0.2, 0.25) is 5.76 Å². The Morgan fingerprint density at radius 3 is 2.94 bits per heavy atom. The van der Waals surface area contributed by atoms with Crippen LogP contribution in [0.1, 0.15) is 0 Å². The minimum atomic E-state index is 0.533. The number of nitrogens with one attached hydrogen (secondary N) is 1. The van der Waals surface area contributed by atoms with E-state index in [1.807, 2.05) is 24.3 Å². The number of nitrogens with zero attached hydrogens (tertiary/aromatic N) is 1. The van der Waals surface area contributed by atoms with Gasteiger partial charge in [0.05, 0.1) is 11.9 Å². The van der Waals surface area contributed by atoms with E-state index in [0.29, 0.717) is 11.4 Å². The van der Waals surface area contributed by atoms with E-state index in [-0.39, 0.29) is 0 Å². The number of nitrogens with two attached hydrogens (primary N) is 1. The van der Waals surface area contributed by atoms with Crippen LogP contribution in [0.3, 0.4) is 0 Å². The first-order chi connectivity index (χ1) is 7.74. The van der Waals surface area contributed by atoms with Crippen molar-refractivity contribution in [2.24, 2.45) is 0 Å². The molecule has 2 aromatic heterocycles. The molecule has 0 fully saturated rings. The molecule has 0 saturated carbocycles. The number of aromatic nitrogens is 2. The van der Waals surface area contributed by atoms with Gasteiger partial charge in [-0.2, -0.15) is 0 Å². The summed E-state index contributed by atoms with van der Waals surface area (Å²) in [5.41, 5.74) is 8.14. The summed E-state index contributed by atoms with van der Waals surface area (Å²) < 4.78 is 6.12. The lowest BCUT2D eigenvalue weighted by molar-refractivity contribution is 0.431. The van der Waals surface area contributed by atoms with E-state index in [0.717, 1.165) is 21.1 Å². The third-order valence-electron chi connectivity index (χ3n) is 2.43. The van der Waals surface area contributed by atoms with Crippen LogP contribution < -0.4 is 5.73 Å². The maximum absolute atomic E-state index is 5.74. The average Bonchev–Trinajstić information content (AvgIpc) is 2.82. The van der Waals surface area contributed by atoms with Crippen molar-refractivity contribution in [3.8, 4) is 11.5 Å². The van der Waals surface area contributed by atoms with Crippen LogP contribution in [0.2, 0.25) is 0 Å². The number of rotatable bonds is 1. The van der Waals surface area contributed by atoms with Crippen molar-refractivity contribution < 1.29 is 4.52 Å². The Hall–Kier alpha value is -1.75. The first kappa shape index (κ1) is 9.47. The Balaban J connectivity index is 2.23. The zero-order chi connectivity index (χ0) is 11.1. The van der Waals surface area contributed by atoms with E-state index in [1.165, 1.54) is 6.20 Å². The fourth-order valence-corrected chi connectivity index (χ4v) is 2.03. The number of halogens is 1. The molecule has 0 saturated heterocycles. The molecule has 0 radical (unpaired) electrons. The molecule has 5 heteroatoms. The van der Waals surface area contributed by atoms with Gasteiger partial charge in [-0.25, -0.2) is 0 Å². The largest absolute Gasteiger partial charge is 0.394 e. The molecule has 0 spiro atoms. The normalized spacial score (nSPS) is 11.1. The summed E-state index contributed by atoms with van der Waals surface area (Å²) in [4.78, 5) is 3.24. The van der Waals surface area contributed by atoms with Gasteiger partial charge in [0.25, 0.3) is 0 Å². The zero-order valence-corrected chi connectivity index (χ0v) is 9.78. The summed E-state index contributed by atoms with van der Waals surface area (Å²) in [6.45, 7) is 0. The molecule has 0 unspecified atom stereocenters. The monoisotopic (exact) mass is 277 g/mol. The highest BCUT2D eigenvalue weighted by Crippen LogP contribution is 2.29. The van der Waals surface area contributed by atoms with E-state index in [9.17, 15) is 0 Å². The van der Waals surface area contributed by atoms with Gasteiger partial charge < -0.3 is 15.2 Å². The molecule has 4 nitrogen and oxygen atoms in total. The number of nitrogen functional groups attached to an aromatic ring is 1. The third-order valence-corrected chi connectivity index (χ3v) is 2.92. The smallest absolute Gasteiger partial charge is 0.205 e. The lowest BCUT2D eigenvalue weighted by atomic mass is 10.2. The summed E-state index contributed by atoms with van der Waals surface area (Å²) in [5, 5.41) is 4.76. The van der Waals surface area contributed by atoms with Crippen LogP contribution in [0.25, 0.3) is 22.4 Å². The Bertz CT molecular complexity index is 656. The van der Waals surface area contributed by atoms with E-state index in [4.69, 9.17) is 10.3 Å². The van der Waals surface area contributed by atoms with Crippen LogP contribution in [-0.4, -0.2) is 10.1 Å². The van der Waals surface area contributed by atoms with Gasteiger partial charge in [-0.3, -0.25) is 0 Å². The Kier molecular flexibility index (Phi) is 2.00. The molecule has 2 heterocycles. The highest BCUT2D eigenvalue weighted by Gasteiger charge is 2.10. The molecule has 0 aliphatic rings. The number of benzene rings is 1. The number of hydrogen-bond acceptors (Lipinski definition) is 3. The second kappa shape index (κ2) is 3.38. The topological polar surface area (TPSA) is 67.8 Å². The van der Waals surface area contributed by atoms with E-state index in [1.54, 1.807) is 0 Å². The zero-order valence-electron chi connectivity index (χ0n) is 8.20. The summed E-state index contributed by atoms with van der Waals surface area (Å²) in [6, 6.07) is 8.00. The maximum Gasteiger partial charge on any atom is 0.205 e. The number of H-pyrrole nitrogens is 1. The number of fused-ring (bicyclic) bond motifs is 1. The fraction of sp³-hybridized carbons (Fsp3) is 0. The molecular formula is C11H8BrN3O. The molecule has 3 N–H and O–H groups in total. The molecule has 3 aromatic rings. The van der Waals surface area contributed by atoms with Crippen LogP contribution in [0.15, 0.2) is 39.5 Å². The quantitative estimate of drug-likeness (QED) is 0.718. The highest BCUT2D eigenvalue weighted by molar-refractivity contribution is 9.10. The fourth-order valence-electron chi connectivity index (χ4n) is 1.67. The van der Waals surface area contributed by atoms with Crippen LogP contribution in [-0.2, 0) is 0 Å². The van der Waals surface area contributed by atoms with Gasteiger partial charge in [-0.05, 0) is 18.2 Å². The highest BCUT2D eigenvalue weighted by atomic mass is 79.9. The van der Waals surface area contributed by atoms with Gasteiger partial charge in [0.1, 0.15) is 5.69 Å².